The third kappa shape index (κ3) is 1.51. The standard InChI is InChI=1S/2C6H9NO/c2*8-6-4-2-1-3-5(4)7-6/h2*4-5H,1-3H2,(H,7,8)/t2*4-,5+/m10/s1. The van der Waals surface area contributed by atoms with Gasteiger partial charge >= 0.3 is 0 Å². The molecule has 16 heavy (non-hydrogen) atoms. The zero-order valence-corrected chi connectivity index (χ0v) is 9.37. The third-order valence-electron chi connectivity index (χ3n) is 4.36. The van der Waals surface area contributed by atoms with Gasteiger partial charge in [-0.3, -0.25) is 9.59 Å². The third-order valence-corrected chi connectivity index (χ3v) is 4.36. The van der Waals surface area contributed by atoms with Crippen molar-refractivity contribution in [2.45, 2.75) is 50.6 Å². The van der Waals surface area contributed by atoms with Gasteiger partial charge in [0.15, 0.2) is 0 Å². The molecule has 0 spiro atoms. The molecule has 2 aliphatic heterocycles. The number of fused-ring (bicyclic) bond motifs is 2. The summed E-state index contributed by atoms with van der Waals surface area (Å²) in [5, 5.41) is 5.73. The Morgan fingerprint density at radius 3 is 1.44 bits per heavy atom. The van der Waals surface area contributed by atoms with Gasteiger partial charge in [-0.15, -0.1) is 0 Å². The molecule has 2 heterocycles. The zero-order valence-electron chi connectivity index (χ0n) is 9.37. The van der Waals surface area contributed by atoms with E-state index in [0.717, 1.165) is 12.8 Å². The Kier molecular flexibility index (Phi) is 2.37. The van der Waals surface area contributed by atoms with Crippen molar-refractivity contribution in [3.05, 3.63) is 0 Å². The summed E-state index contributed by atoms with van der Waals surface area (Å²) >= 11 is 0. The number of rotatable bonds is 0. The molecule has 2 saturated carbocycles. The van der Waals surface area contributed by atoms with E-state index in [1.807, 2.05) is 0 Å². The molecule has 0 aromatic carbocycles. The molecule has 0 aromatic heterocycles. The Bertz CT molecular complexity index is 297. The van der Waals surface area contributed by atoms with Crippen LogP contribution in [0.5, 0.6) is 0 Å². The molecule has 2 saturated heterocycles. The van der Waals surface area contributed by atoms with Crippen LogP contribution in [0.15, 0.2) is 0 Å². The quantitative estimate of drug-likeness (QED) is 0.589. The first-order valence-electron chi connectivity index (χ1n) is 6.36. The average Bonchev–Trinajstić information content (AvgIpc) is 2.81. The maximum atomic E-state index is 10.6. The molecule has 88 valence electrons. The molecule has 0 radical (unpaired) electrons. The Labute approximate surface area is 95.2 Å². The van der Waals surface area contributed by atoms with Crippen LogP contribution in [0.4, 0.5) is 0 Å². The first-order chi connectivity index (χ1) is 7.75. The second kappa shape index (κ2) is 3.75. The van der Waals surface area contributed by atoms with Crippen LogP contribution >= 0.6 is 0 Å². The highest BCUT2D eigenvalue weighted by molar-refractivity contribution is 5.86. The largest absolute Gasteiger partial charge is 0.352 e. The molecular formula is C12H18N2O2. The predicted molar refractivity (Wildman–Crippen MR) is 58.5 cm³/mol. The molecular weight excluding hydrogens is 204 g/mol. The normalized spacial score (nSPS) is 42.8. The van der Waals surface area contributed by atoms with Crippen LogP contribution < -0.4 is 10.6 Å². The van der Waals surface area contributed by atoms with Crippen LogP contribution in [0, 0.1) is 11.8 Å². The van der Waals surface area contributed by atoms with Gasteiger partial charge in [0.2, 0.25) is 11.8 Å². The van der Waals surface area contributed by atoms with Crippen LogP contribution in [-0.2, 0) is 9.59 Å². The molecule has 4 heteroatoms. The van der Waals surface area contributed by atoms with E-state index in [1.54, 1.807) is 0 Å². The van der Waals surface area contributed by atoms with Gasteiger partial charge in [-0.2, -0.15) is 0 Å². The summed E-state index contributed by atoms with van der Waals surface area (Å²) in [6, 6.07) is 1.14. The molecule has 4 atom stereocenters. The molecule has 2 N–H and O–H groups in total. The maximum absolute atomic E-state index is 10.6. The monoisotopic (exact) mass is 222 g/mol. The molecule has 0 aromatic rings. The van der Waals surface area contributed by atoms with Gasteiger partial charge in [0.05, 0.1) is 11.8 Å². The minimum absolute atomic E-state index is 0.285. The van der Waals surface area contributed by atoms with E-state index in [-0.39, 0.29) is 11.8 Å². The van der Waals surface area contributed by atoms with Gasteiger partial charge in [-0.1, -0.05) is 12.8 Å². The van der Waals surface area contributed by atoms with Gasteiger partial charge in [-0.25, -0.2) is 0 Å². The molecule has 4 rings (SSSR count). The lowest BCUT2D eigenvalue weighted by Gasteiger charge is -2.30. The fraction of sp³-hybridized carbons (Fsp3) is 0.833. The molecule has 4 fully saturated rings. The second-order valence-electron chi connectivity index (χ2n) is 5.30. The first-order valence-corrected chi connectivity index (χ1v) is 6.36. The van der Waals surface area contributed by atoms with Gasteiger partial charge in [-0.05, 0) is 25.7 Å². The SMILES string of the molecule is O=C1N[C@@H]2CCC[C@H]12.O=C1N[C@H]2CCC[C@@H]12. The summed E-state index contributed by atoms with van der Waals surface area (Å²) in [4.78, 5) is 21.2. The first kappa shape index (κ1) is 10.1. The van der Waals surface area contributed by atoms with Crippen molar-refractivity contribution in [1.29, 1.82) is 0 Å². The number of hydrogen-bond donors (Lipinski definition) is 2. The van der Waals surface area contributed by atoms with E-state index in [4.69, 9.17) is 0 Å². The Hall–Kier alpha value is -1.06. The predicted octanol–water partition coefficient (Wildman–Crippen LogP) is 0.570. The van der Waals surface area contributed by atoms with Crippen LogP contribution in [0.2, 0.25) is 0 Å². The van der Waals surface area contributed by atoms with Crippen LogP contribution in [0.1, 0.15) is 38.5 Å². The fourth-order valence-electron chi connectivity index (χ4n) is 3.28. The number of nitrogens with one attached hydrogen (secondary N) is 2. The van der Waals surface area contributed by atoms with E-state index >= 15 is 0 Å². The van der Waals surface area contributed by atoms with Crippen molar-refractivity contribution < 1.29 is 9.59 Å². The summed E-state index contributed by atoms with van der Waals surface area (Å²) in [7, 11) is 0. The molecule has 4 nitrogen and oxygen atoms in total. The van der Waals surface area contributed by atoms with Crippen molar-refractivity contribution in [3.8, 4) is 0 Å². The van der Waals surface area contributed by atoms with E-state index in [0.29, 0.717) is 23.9 Å². The number of carbonyl (C=O) groups is 2. The number of hydrogen-bond acceptors (Lipinski definition) is 2. The lowest BCUT2D eigenvalue weighted by molar-refractivity contribution is -0.134. The molecule has 0 bridgehead atoms. The average molecular weight is 222 g/mol. The fourth-order valence-corrected chi connectivity index (χ4v) is 3.28. The van der Waals surface area contributed by atoms with Crippen molar-refractivity contribution >= 4 is 11.8 Å². The lowest BCUT2D eigenvalue weighted by Crippen LogP contribution is -2.54. The topological polar surface area (TPSA) is 58.2 Å². The summed E-state index contributed by atoms with van der Waals surface area (Å²) < 4.78 is 0. The molecule has 2 aliphatic carbocycles. The van der Waals surface area contributed by atoms with E-state index in [9.17, 15) is 9.59 Å². The minimum Gasteiger partial charge on any atom is -0.352 e. The van der Waals surface area contributed by atoms with Crippen LogP contribution in [0.3, 0.4) is 0 Å². The Morgan fingerprint density at radius 1 is 0.750 bits per heavy atom. The summed E-state index contributed by atoms with van der Waals surface area (Å²) in [6.45, 7) is 0. The van der Waals surface area contributed by atoms with E-state index < -0.39 is 0 Å². The number of carbonyl (C=O) groups excluding carboxylic acids is 2. The van der Waals surface area contributed by atoms with Crippen molar-refractivity contribution in [2.75, 3.05) is 0 Å². The zero-order chi connectivity index (χ0) is 11.1. The second-order valence-corrected chi connectivity index (χ2v) is 5.30. The highest BCUT2D eigenvalue weighted by atomic mass is 16.2. The van der Waals surface area contributed by atoms with E-state index in [2.05, 4.69) is 10.6 Å². The highest BCUT2D eigenvalue weighted by Crippen LogP contribution is 2.32. The van der Waals surface area contributed by atoms with Gasteiger partial charge in [0.25, 0.3) is 0 Å². The highest BCUT2D eigenvalue weighted by Gasteiger charge is 2.42. The van der Waals surface area contributed by atoms with E-state index in [1.165, 1.54) is 25.7 Å². The molecule has 4 aliphatic rings. The van der Waals surface area contributed by atoms with Gasteiger partial charge < -0.3 is 10.6 Å². The van der Waals surface area contributed by atoms with Gasteiger partial charge in [0.1, 0.15) is 0 Å². The van der Waals surface area contributed by atoms with Gasteiger partial charge in [0, 0.05) is 12.1 Å². The van der Waals surface area contributed by atoms with Crippen molar-refractivity contribution in [3.63, 3.8) is 0 Å². The smallest absolute Gasteiger partial charge is 0.225 e. The lowest BCUT2D eigenvalue weighted by atomic mass is 9.95. The van der Waals surface area contributed by atoms with Crippen LogP contribution in [0.25, 0.3) is 0 Å². The minimum atomic E-state index is 0.285. The Morgan fingerprint density at radius 2 is 1.19 bits per heavy atom. The molecule has 2 amide bonds. The summed E-state index contributed by atoms with van der Waals surface area (Å²) in [6.07, 6.45) is 7.20. The molecule has 0 unspecified atom stereocenters. The Balaban J connectivity index is 0.000000101. The summed E-state index contributed by atoms with van der Waals surface area (Å²) in [5.41, 5.74) is 0. The summed E-state index contributed by atoms with van der Waals surface area (Å²) in [5.74, 6) is 1.39. The number of amides is 2. The maximum Gasteiger partial charge on any atom is 0.225 e. The van der Waals surface area contributed by atoms with Crippen molar-refractivity contribution in [1.82, 2.24) is 10.6 Å². The van der Waals surface area contributed by atoms with Crippen LogP contribution in [-0.4, -0.2) is 23.9 Å². The number of β-lactam (4-membered cyclic amide) rings is 2. The van der Waals surface area contributed by atoms with Crippen molar-refractivity contribution in [2.24, 2.45) is 11.8 Å².